The van der Waals surface area contributed by atoms with Gasteiger partial charge in [0.2, 0.25) is 0 Å². The average molecular weight is 268 g/mol. The number of aliphatic hydroxyl groups is 1. The van der Waals surface area contributed by atoms with E-state index in [1.54, 1.807) is 0 Å². The van der Waals surface area contributed by atoms with Gasteiger partial charge in [-0.05, 0) is 50.4 Å². The Hall–Kier alpha value is -0.830. The molecule has 0 spiro atoms. The van der Waals surface area contributed by atoms with Crippen LogP contribution in [0.3, 0.4) is 0 Å². The van der Waals surface area contributed by atoms with Gasteiger partial charge in [-0.1, -0.05) is 25.0 Å². The summed E-state index contributed by atoms with van der Waals surface area (Å²) in [5.74, 6) is 0.597. The Balaban J connectivity index is 2.99. The normalized spacial score (nSPS) is 31.2. The first-order valence-electron chi connectivity index (χ1n) is 7.20. The zero-order valence-corrected chi connectivity index (χ0v) is 13.0. The fourth-order valence-corrected chi connectivity index (χ4v) is 3.35. The van der Waals surface area contributed by atoms with Crippen molar-refractivity contribution in [2.45, 2.75) is 53.4 Å². The summed E-state index contributed by atoms with van der Waals surface area (Å²) < 4.78 is 4.75. The second-order valence-corrected chi connectivity index (χ2v) is 6.30. The number of hydrogen-bond donors (Lipinski definition) is 1. The van der Waals surface area contributed by atoms with E-state index < -0.39 is 0 Å². The number of aliphatic hydroxyl groups excluding tert-OH is 1. The van der Waals surface area contributed by atoms with E-state index in [4.69, 9.17) is 4.74 Å². The maximum Gasteiger partial charge on any atom is 0.305 e. The molecule has 110 valence electrons. The summed E-state index contributed by atoms with van der Waals surface area (Å²) in [5, 5.41) is 9.87. The Kier molecular flexibility index (Phi) is 5.60. The minimum Gasteiger partial charge on any atom is -0.469 e. The van der Waals surface area contributed by atoms with Crippen molar-refractivity contribution in [2.24, 2.45) is 17.3 Å². The third kappa shape index (κ3) is 3.38. The van der Waals surface area contributed by atoms with Crippen LogP contribution < -0.4 is 0 Å². The molecule has 0 saturated heterocycles. The van der Waals surface area contributed by atoms with Crippen molar-refractivity contribution < 1.29 is 14.6 Å². The standard InChI is InChI=1S/C16H28O3/c1-11(2)13-7-6-12(3)16(4,10-17)14(13)8-9-15(18)19-5/h12,14,17H,6-10H2,1-5H3/t12-,14-,16-/m1/s1. The first-order valence-corrected chi connectivity index (χ1v) is 7.20. The average Bonchev–Trinajstić information content (AvgIpc) is 2.39. The number of rotatable bonds is 4. The van der Waals surface area contributed by atoms with Gasteiger partial charge in [0.1, 0.15) is 0 Å². The molecule has 1 aliphatic carbocycles. The Labute approximate surface area is 117 Å². The Morgan fingerprint density at radius 3 is 2.58 bits per heavy atom. The maximum absolute atomic E-state index is 11.4. The van der Waals surface area contributed by atoms with Crippen LogP contribution in [0.2, 0.25) is 0 Å². The summed E-state index contributed by atoms with van der Waals surface area (Å²) in [7, 11) is 1.43. The highest BCUT2D eigenvalue weighted by atomic mass is 16.5. The van der Waals surface area contributed by atoms with Gasteiger partial charge in [0.25, 0.3) is 0 Å². The Morgan fingerprint density at radius 2 is 2.11 bits per heavy atom. The summed E-state index contributed by atoms with van der Waals surface area (Å²) in [6.45, 7) is 8.81. The van der Waals surface area contributed by atoms with Crippen LogP contribution in [-0.4, -0.2) is 24.8 Å². The van der Waals surface area contributed by atoms with Gasteiger partial charge in [-0.2, -0.15) is 0 Å². The van der Waals surface area contributed by atoms with Crippen LogP contribution >= 0.6 is 0 Å². The quantitative estimate of drug-likeness (QED) is 0.628. The van der Waals surface area contributed by atoms with Crippen LogP contribution in [0.5, 0.6) is 0 Å². The molecule has 1 saturated carbocycles. The van der Waals surface area contributed by atoms with E-state index in [1.807, 2.05) is 0 Å². The molecule has 0 radical (unpaired) electrons. The first kappa shape index (κ1) is 16.2. The largest absolute Gasteiger partial charge is 0.469 e. The van der Waals surface area contributed by atoms with Crippen molar-refractivity contribution in [1.82, 2.24) is 0 Å². The summed E-state index contributed by atoms with van der Waals surface area (Å²) in [6, 6.07) is 0. The third-order valence-electron chi connectivity index (χ3n) is 5.04. The molecule has 0 aliphatic heterocycles. The van der Waals surface area contributed by atoms with Crippen molar-refractivity contribution in [2.75, 3.05) is 13.7 Å². The molecule has 3 nitrogen and oxygen atoms in total. The van der Waals surface area contributed by atoms with Gasteiger partial charge in [0.15, 0.2) is 0 Å². The second-order valence-electron chi connectivity index (χ2n) is 6.30. The molecule has 1 N–H and O–H groups in total. The monoisotopic (exact) mass is 268 g/mol. The van der Waals surface area contributed by atoms with E-state index in [1.165, 1.54) is 18.3 Å². The number of esters is 1. The summed E-state index contributed by atoms with van der Waals surface area (Å²) in [5.41, 5.74) is 2.64. The van der Waals surface area contributed by atoms with Crippen LogP contribution in [0, 0.1) is 17.3 Å². The molecular formula is C16H28O3. The second kappa shape index (κ2) is 6.56. The third-order valence-corrected chi connectivity index (χ3v) is 5.04. The number of hydrogen-bond acceptors (Lipinski definition) is 3. The van der Waals surface area contributed by atoms with E-state index in [2.05, 4.69) is 27.7 Å². The van der Waals surface area contributed by atoms with Gasteiger partial charge in [-0.15, -0.1) is 0 Å². The molecule has 0 aromatic rings. The fraction of sp³-hybridized carbons (Fsp3) is 0.812. The van der Waals surface area contributed by atoms with Gasteiger partial charge < -0.3 is 9.84 Å². The van der Waals surface area contributed by atoms with Crippen LogP contribution in [0.25, 0.3) is 0 Å². The molecule has 1 aliphatic rings. The maximum atomic E-state index is 11.4. The fourth-order valence-electron chi connectivity index (χ4n) is 3.35. The lowest BCUT2D eigenvalue weighted by Gasteiger charge is -2.47. The van der Waals surface area contributed by atoms with E-state index in [0.717, 1.165) is 19.3 Å². The number of allylic oxidation sites excluding steroid dienone is 2. The van der Waals surface area contributed by atoms with Gasteiger partial charge in [0.05, 0.1) is 7.11 Å². The van der Waals surface area contributed by atoms with Crippen molar-refractivity contribution >= 4 is 5.97 Å². The molecular weight excluding hydrogens is 240 g/mol. The summed E-state index contributed by atoms with van der Waals surface area (Å²) in [6.07, 6.45) is 3.41. The highest BCUT2D eigenvalue weighted by molar-refractivity contribution is 5.69. The van der Waals surface area contributed by atoms with E-state index in [-0.39, 0.29) is 23.9 Å². The first-order chi connectivity index (χ1) is 8.86. The molecule has 0 amide bonds. The van der Waals surface area contributed by atoms with Crippen molar-refractivity contribution in [3.8, 4) is 0 Å². The van der Waals surface area contributed by atoms with E-state index in [0.29, 0.717) is 12.3 Å². The number of carbonyl (C=O) groups excluding carboxylic acids is 1. The van der Waals surface area contributed by atoms with Gasteiger partial charge in [0, 0.05) is 13.0 Å². The number of ether oxygens (including phenoxy) is 1. The molecule has 0 aromatic heterocycles. The van der Waals surface area contributed by atoms with Crippen LogP contribution in [0.4, 0.5) is 0 Å². The lowest BCUT2D eigenvalue weighted by molar-refractivity contribution is -0.141. The molecule has 0 bridgehead atoms. The minimum atomic E-state index is -0.161. The Bertz CT molecular complexity index is 355. The molecule has 3 atom stereocenters. The van der Waals surface area contributed by atoms with Crippen molar-refractivity contribution in [3.05, 3.63) is 11.1 Å². The lowest BCUT2D eigenvalue weighted by Crippen LogP contribution is -2.42. The van der Waals surface area contributed by atoms with Crippen LogP contribution in [0.1, 0.15) is 53.4 Å². The Morgan fingerprint density at radius 1 is 1.47 bits per heavy atom. The molecule has 0 aromatic carbocycles. The zero-order chi connectivity index (χ0) is 14.6. The molecule has 3 heteroatoms. The highest BCUT2D eigenvalue weighted by Gasteiger charge is 2.43. The lowest BCUT2D eigenvalue weighted by atomic mass is 9.58. The minimum absolute atomic E-state index is 0.126. The smallest absolute Gasteiger partial charge is 0.305 e. The van der Waals surface area contributed by atoms with Crippen LogP contribution in [0.15, 0.2) is 11.1 Å². The van der Waals surface area contributed by atoms with Crippen molar-refractivity contribution in [1.29, 1.82) is 0 Å². The van der Waals surface area contributed by atoms with Crippen molar-refractivity contribution in [3.63, 3.8) is 0 Å². The van der Waals surface area contributed by atoms with Gasteiger partial charge in [-0.3, -0.25) is 4.79 Å². The summed E-state index contributed by atoms with van der Waals surface area (Å²) >= 11 is 0. The topological polar surface area (TPSA) is 46.5 Å². The molecule has 19 heavy (non-hydrogen) atoms. The van der Waals surface area contributed by atoms with Crippen LogP contribution in [-0.2, 0) is 9.53 Å². The predicted octanol–water partition coefficient (Wildman–Crippen LogP) is 3.32. The zero-order valence-electron chi connectivity index (χ0n) is 13.0. The highest BCUT2D eigenvalue weighted by Crippen LogP contribution is 2.50. The van der Waals surface area contributed by atoms with E-state index >= 15 is 0 Å². The molecule has 0 heterocycles. The molecule has 0 unspecified atom stereocenters. The molecule has 1 rings (SSSR count). The number of carbonyl (C=O) groups is 1. The summed E-state index contributed by atoms with van der Waals surface area (Å²) in [4.78, 5) is 11.4. The molecule has 1 fully saturated rings. The van der Waals surface area contributed by atoms with Gasteiger partial charge >= 0.3 is 5.97 Å². The predicted molar refractivity (Wildman–Crippen MR) is 76.7 cm³/mol. The SMILES string of the molecule is COC(=O)CC[C@@H]1C(=C(C)C)CC[C@@H](C)[C@@]1(C)CO. The number of methoxy groups -OCH3 is 1. The van der Waals surface area contributed by atoms with E-state index in [9.17, 15) is 9.90 Å². The van der Waals surface area contributed by atoms with Gasteiger partial charge in [-0.25, -0.2) is 0 Å².